The highest BCUT2D eigenvalue weighted by molar-refractivity contribution is 7.08. The molecule has 1 heterocycles. The van der Waals surface area contributed by atoms with Gasteiger partial charge in [-0.1, -0.05) is 30.3 Å². The molecule has 3 rings (SSSR count). The summed E-state index contributed by atoms with van der Waals surface area (Å²) in [5.41, 5.74) is 3.50. The molecular formula is C18H15ClOS. The third kappa shape index (κ3) is 3.29. The van der Waals surface area contributed by atoms with E-state index in [1.54, 1.807) is 11.3 Å². The molecule has 1 unspecified atom stereocenters. The molecule has 1 nitrogen and oxygen atoms in total. The van der Waals surface area contributed by atoms with E-state index in [2.05, 4.69) is 17.7 Å². The molecule has 3 heteroatoms. The van der Waals surface area contributed by atoms with Crippen molar-refractivity contribution in [1.29, 1.82) is 0 Å². The van der Waals surface area contributed by atoms with Crippen LogP contribution in [0.4, 0.5) is 0 Å². The molecule has 0 fully saturated rings. The number of hydrogen-bond acceptors (Lipinski definition) is 2. The Bertz CT molecular complexity index is 704. The Morgan fingerprint density at radius 2 is 1.57 bits per heavy atom. The van der Waals surface area contributed by atoms with Gasteiger partial charge in [0.05, 0.1) is 5.38 Å². The van der Waals surface area contributed by atoms with Crippen molar-refractivity contribution in [3.63, 3.8) is 0 Å². The zero-order valence-electron chi connectivity index (χ0n) is 11.6. The first-order valence-corrected chi connectivity index (χ1v) is 8.11. The molecule has 0 spiro atoms. The maximum atomic E-state index is 6.56. The van der Waals surface area contributed by atoms with Crippen molar-refractivity contribution < 1.29 is 4.74 Å². The molecule has 2 aromatic carbocycles. The second-order valence-corrected chi connectivity index (χ2v) is 6.04. The monoisotopic (exact) mass is 314 g/mol. The fraction of sp³-hybridized carbons (Fsp3) is 0.111. The molecule has 3 aromatic rings. The van der Waals surface area contributed by atoms with Crippen LogP contribution in [0.15, 0.2) is 65.4 Å². The first kappa shape index (κ1) is 14.2. The van der Waals surface area contributed by atoms with Gasteiger partial charge in [-0.3, -0.25) is 0 Å². The fourth-order valence-corrected chi connectivity index (χ4v) is 3.47. The van der Waals surface area contributed by atoms with Gasteiger partial charge in [0, 0.05) is 0 Å². The Labute approximate surface area is 133 Å². The average molecular weight is 315 g/mol. The lowest BCUT2D eigenvalue weighted by molar-refractivity contribution is 0.482. The number of ether oxygens (including phenoxy) is 1. The van der Waals surface area contributed by atoms with Crippen molar-refractivity contribution in [2.75, 3.05) is 0 Å². The van der Waals surface area contributed by atoms with Crippen LogP contribution < -0.4 is 4.74 Å². The van der Waals surface area contributed by atoms with E-state index in [4.69, 9.17) is 16.3 Å². The van der Waals surface area contributed by atoms with E-state index in [0.29, 0.717) is 0 Å². The van der Waals surface area contributed by atoms with Crippen LogP contribution in [0.3, 0.4) is 0 Å². The van der Waals surface area contributed by atoms with Gasteiger partial charge in [0.15, 0.2) is 0 Å². The highest BCUT2D eigenvalue weighted by Gasteiger charge is 2.13. The molecule has 0 aliphatic heterocycles. The molecule has 0 radical (unpaired) electrons. The lowest BCUT2D eigenvalue weighted by Crippen LogP contribution is -1.93. The van der Waals surface area contributed by atoms with Gasteiger partial charge in [-0.25, -0.2) is 0 Å². The molecule has 0 N–H and O–H groups in total. The Morgan fingerprint density at radius 1 is 0.905 bits per heavy atom. The number of hydrogen-bond donors (Lipinski definition) is 0. The first-order chi connectivity index (χ1) is 10.2. The number of aryl methyl sites for hydroxylation is 1. The van der Waals surface area contributed by atoms with Gasteiger partial charge in [-0.2, -0.15) is 11.3 Å². The second kappa shape index (κ2) is 6.33. The summed E-state index contributed by atoms with van der Waals surface area (Å²) in [5, 5.41) is 4.13. The number of halogens is 1. The zero-order chi connectivity index (χ0) is 14.7. The van der Waals surface area contributed by atoms with Crippen LogP contribution in [-0.2, 0) is 0 Å². The molecule has 0 bridgehead atoms. The summed E-state index contributed by atoms with van der Waals surface area (Å²) in [4.78, 5) is 0. The highest BCUT2D eigenvalue weighted by Crippen LogP contribution is 2.34. The van der Waals surface area contributed by atoms with Crippen molar-refractivity contribution in [3.8, 4) is 11.5 Å². The normalized spacial score (nSPS) is 12.1. The third-order valence-electron chi connectivity index (χ3n) is 3.32. The Balaban J connectivity index is 1.77. The molecule has 21 heavy (non-hydrogen) atoms. The van der Waals surface area contributed by atoms with Gasteiger partial charge in [0.2, 0.25) is 0 Å². The summed E-state index contributed by atoms with van der Waals surface area (Å²) in [7, 11) is 0. The topological polar surface area (TPSA) is 9.23 Å². The number of benzene rings is 2. The van der Waals surface area contributed by atoms with Crippen molar-refractivity contribution >= 4 is 22.9 Å². The number of para-hydroxylation sites is 1. The molecule has 0 amide bonds. The molecule has 106 valence electrons. The highest BCUT2D eigenvalue weighted by atomic mass is 35.5. The van der Waals surface area contributed by atoms with Crippen molar-refractivity contribution in [2.24, 2.45) is 0 Å². The van der Waals surface area contributed by atoms with Crippen LogP contribution in [0.25, 0.3) is 0 Å². The summed E-state index contributed by atoms with van der Waals surface area (Å²) < 4.78 is 5.79. The smallest absolute Gasteiger partial charge is 0.127 e. The largest absolute Gasteiger partial charge is 0.457 e. The molecule has 0 aliphatic carbocycles. The average Bonchev–Trinajstić information content (AvgIpc) is 2.94. The lowest BCUT2D eigenvalue weighted by atomic mass is 10.0. The third-order valence-corrected chi connectivity index (χ3v) is 4.69. The SMILES string of the molecule is Cc1cscc1C(Cl)c1ccc(Oc2ccccc2)cc1. The van der Waals surface area contributed by atoms with Gasteiger partial charge in [0.25, 0.3) is 0 Å². The zero-order valence-corrected chi connectivity index (χ0v) is 13.2. The summed E-state index contributed by atoms with van der Waals surface area (Å²) in [5.74, 6) is 1.65. The summed E-state index contributed by atoms with van der Waals surface area (Å²) >= 11 is 8.24. The minimum Gasteiger partial charge on any atom is -0.457 e. The van der Waals surface area contributed by atoms with Crippen molar-refractivity contribution in [1.82, 2.24) is 0 Å². The summed E-state index contributed by atoms with van der Waals surface area (Å²) in [6.07, 6.45) is 0. The van der Waals surface area contributed by atoms with E-state index in [9.17, 15) is 0 Å². The van der Waals surface area contributed by atoms with Crippen LogP contribution >= 0.6 is 22.9 Å². The van der Waals surface area contributed by atoms with Crippen LogP contribution in [0.1, 0.15) is 22.1 Å². The van der Waals surface area contributed by atoms with Gasteiger partial charge in [-0.05, 0) is 58.6 Å². The van der Waals surface area contributed by atoms with E-state index >= 15 is 0 Å². The maximum Gasteiger partial charge on any atom is 0.127 e. The van der Waals surface area contributed by atoms with Crippen molar-refractivity contribution in [3.05, 3.63) is 82.0 Å². The summed E-state index contributed by atoms with van der Waals surface area (Å²) in [6, 6.07) is 17.7. The molecular weight excluding hydrogens is 300 g/mol. The van der Waals surface area contributed by atoms with Crippen LogP contribution in [0.2, 0.25) is 0 Å². The lowest BCUT2D eigenvalue weighted by Gasteiger charge is -2.11. The molecule has 1 aromatic heterocycles. The Hall–Kier alpha value is -1.77. The van der Waals surface area contributed by atoms with E-state index in [0.717, 1.165) is 17.1 Å². The van der Waals surface area contributed by atoms with Crippen LogP contribution in [-0.4, -0.2) is 0 Å². The molecule has 0 saturated heterocycles. The number of thiophene rings is 1. The van der Waals surface area contributed by atoms with Crippen molar-refractivity contribution in [2.45, 2.75) is 12.3 Å². The number of alkyl halides is 1. The predicted octanol–water partition coefficient (Wildman–Crippen LogP) is 6.18. The van der Waals surface area contributed by atoms with Gasteiger partial charge in [0.1, 0.15) is 11.5 Å². The molecule has 0 aliphatic rings. The van der Waals surface area contributed by atoms with E-state index in [1.165, 1.54) is 11.1 Å². The van der Waals surface area contributed by atoms with E-state index in [1.807, 2.05) is 54.6 Å². The van der Waals surface area contributed by atoms with Gasteiger partial charge in [-0.15, -0.1) is 11.6 Å². The van der Waals surface area contributed by atoms with Crippen LogP contribution in [0, 0.1) is 6.92 Å². The molecule has 0 saturated carbocycles. The predicted molar refractivity (Wildman–Crippen MR) is 89.7 cm³/mol. The summed E-state index contributed by atoms with van der Waals surface area (Å²) in [6.45, 7) is 2.09. The first-order valence-electron chi connectivity index (χ1n) is 6.73. The quantitative estimate of drug-likeness (QED) is 0.523. The van der Waals surface area contributed by atoms with Gasteiger partial charge >= 0.3 is 0 Å². The van der Waals surface area contributed by atoms with E-state index < -0.39 is 0 Å². The minimum atomic E-state index is -0.109. The minimum absolute atomic E-state index is 0.109. The Morgan fingerprint density at radius 3 is 2.19 bits per heavy atom. The number of rotatable bonds is 4. The molecule has 1 atom stereocenters. The standard InChI is InChI=1S/C18H15ClOS/c1-13-11-21-12-17(13)18(19)14-7-9-16(10-8-14)20-15-5-3-2-4-6-15/h2-12,18H,1H3. The second-order valence-electron chi connectivity index (χ2n) is 4.86. The van der Waals surface area contributed by atoms with E-state index in [-0.39, 0.29) is 5.38 Å². The van der Waals surface area contributed by atoms with Gasteiger partial charge < -0.3 is 4.74 Å². The fourth-order valence-electron chi connectivity index (χ4n) is 2.14. The Kier molecular flexibility index (Phi) is 4.28. The maximum absolute atomic E-state index is 6.56. The van der Waals surface area contributed by atoms with Crippen LogP contribution in [0.5, 0.6) is 11.5 Å².